The van der Waals surface area contributed by atoms with Crippen molar-refractivity contribution in [2.75, 3.05) is 0 Å². The highest BCUT2D eigenvalue weighted by Crippen LogP contribution is 2.47. The predicted octanol–water partition coefficient (Wildman–Crippen LogP) is 15.2. The van der Waals surface area contributed by atoms with Crippen molar-refractivity contribution in [3.05, 3.63) is 212 Å². The second-order valence-electron chi connectivity index (χ2n) is 15.4. The zero-order valence-corrected chi connectivity index (χ0v) is 33.0. The molecular formula is C57H35N3O. The minimum atomic E-state index is 0.560. The summed E-state index contributed by atoms with van der Waals surface area (Å²) in [4.78, 5) is 15.4. The smallest absolute Gasteiger partial charge is 0.167 e. The van der Waals surface area contributed by atoms with Crippen LogP contribution in [0.1, 0.15) is 0 Å². The summed E-state index contributed by atoms with van der Waals surface area (Å²) in [6.07, 6.45) is 0. The van der Waals surface area contributed by atoms with Crippen LogP contribution >= 0.6 is 0 Å². The molecule has 4 heteroatoms. The average molecular weight is 778 g/mol. The summed E-state index contributed by atoms with van der Waals surface area (Å²) in [6.45, 7) is 0. The molecule has 0 bridgehead atoms. The summed E-state index contributed by atoms with van der Waals surface area (Å²) in [5.74, 6) is 1.75. The molecule has 2 heterocycles. The first-order valence-electron chi connectivity index (χ1n) is 20.6. The monoisotopic (exact) mass is 777 g/mol. The summed E-state index contributed by atoms with van der Waals surface area (Å²) in [7, 11) is 0. The number of furan rings is 1. The van der Waals surface area contributed by atoms with Crippen LogP contribution in [0.25, 0.3) is 122 Å². The Morgan fingerprint density at radius 2 is 0.721 bits per heavy atom. The van der Waals surface area contributed by atoms with E-state index in [0.717, 1.165) is 44.2 Å². The van der Waals surface area contributed by atoms with Gasteiger partial charge in [0.15, 0.2) is 17.5 Å². The van der Waals surface area contributed by atoms with Crippen LogP contribution < -0.4 is 0 Å². The van der Waals surface area contributed by atoms with Gasteiger partial charge in [-0.3, -0.25) is 0 Å². The topological polar surface area (TPSA) is 51.8 Å². The van der Waals surface area contributed by atoms with Crippen molar-refractivity contribution in [2.45, 2.75) is 0 Å². The van der Waals surface area contributed by atoms with E-state index in [2.05, 4.69) is 152 Å². The summed E-state index contributed by atoms with van der Waals surface area (Å²) >= 11 is 0. The highest BCUT2D eigenvalue weighted by atomic mass is 16.3. The number of para-hydroxylation sites is 2. The molecule has 0 saturated carbocycles. The molecule has 0 radical (unpaired) electrons. The van der Waals surface area contributed by atoms with Crippen LogP contribution in [0.15, 0.2) is 217 Å². The van der Waals surface area contributed by atoms with E-state index in [0.29, 0.717) is 17.5 Å². The molecule has 0 aliphatic carbocycles. The van der Waals surface area contributed by atoms with Gasteiger partial charge >= 0.3 is 0 Å². The second-order valence-corrected chi connectivity index (χ2v) is 15.4. The molecule has 0 unspecified atom stereocenters. The fourth-order valence-corrected chi connectivity index (χ4v) is 9.19. The van der Waals surface area contributed by atoms with E-state index in [9.17, 15) is 0 Å². The maximum atomic E-state index is 6.48. The molecule has 2 aromatic heterocycles. The van der Waals surface area contributed by atoms with E-state index in [-0.39, 0.29) is 0 Å². The second kappa shape index (κ2) is 14.3. The van der Waals surface area contributed by atoms with Gasteiger partial charge in [-0.2, -0.15) is 0 Å². The molecule has 4 nitrogen and oxygen atoms in total. The maximum Gasteiger partial charge on any atom is 0.167 e. The standard InChI is InChI=1S/C57H35N3O/c1-3-17-36(18-4-1)40-33-34-48(42-24-8-7-23-41(40)42)53-46-28-11-9-26-44(46)52(45-27-10-12-29-47(45)53)38-21-15-22-39(35-38)56-58-55(37-19-5-2-6-20-37)59-57(60-56)50-31-16-30-49-43-25-13-14-32-51(43)61-54(49)50/h1-35H. The molecule has 0 atom stereocenters. The Morgan fingerprint density at radius 3 is 1.41 bits per heavy atom. The fraction of sp³-hybridized carbons (Fsp3) is 0. The van der Waals surface area contributed by atoms with Crippen molar-refractivity contribution in [3.8, 4) is 67.5 Å². The van der Waals surface area contributed by atoms with Gasteiger partial charge in [0.25, 0.3) is 0 Å². The van der Waals surface area contributed by atoms with E-state index < -0.39 is 0 Å². The molecule has 0 fully saturated rings. The number of fused-ring (bicyclic) bond motifs is 6. The summed E-state index contributed by atoms with van der Waals surface area (Å²) in [5.41, 5.74) is 11.4. The summed E-state index contributed by atoms with van der Waals surface area (Å²) in [5, 5.41) is 9.32. The van der Waals surface area contributed by atoms with Crippen LogP contribution in [-0.2, 0) is 0 Å². The van der Waals surface area contributed by atoms with Gasteiger partial charge in [0.1, 0.15) is 11.2 Å². The lowest BCUT2D eigenvalue weighted by atomic mass is 9.83. The minimum Gasteiger partial charge on any atom is -0.455 e. The molecule has 0 aliphatic heterocycles. The Kier molecular flexibility index (Phi) is 8.13. The maximum absolute atomic E-state index is 6.48. The quantitative estimate of drug-likeness (QED) is 0.158. The van der Waals surface area contributed by atoms with E-state index in [1.165, 1.54) is 60.1 Å². The number of hydrogen-bond acceptors (Lipinski definition) is 4. The largest absolute Gasteiger partial charge is 0.455 e. The van der Waals surface area contributed by atoms with Gasteiger partial charge in [-0.15, -0.1) is 0 Å². The van der Waals surface area contributed by atoms with Crippen LogP contribution in [0.5, 0.6) is 0 Å². The Labute approximate surface area is 352 Å². The number of benzene rings is 10. The van der Waals surface area contributed by atoms with Crippen molar-refractivity contribution in [2.24, 2.45) is 0 Å². The molecular weight excluding hydrogens is 743 g/mol. The van der Waals surface area contributed by atoms with E-state index in [1.807, 2.05) is 60.7 Å². The first kappa shape index (κ1) is 34.8. The van der Waals surface area contributed by atoms with Gasteiger partial charge in [0, 0.05) is 21.9 Å². The highest BCUT2D eigenvalue weighted by molar-refractivity contribution is 6.24. The van der Waals surface area contributed by atoms with Crippen molar-refractivity contribution in [1.29, 1.82) is 0 Å². The molecule has 0 aliphatic rings. The number of nitrogens with zero attached hydrogens (tertiary/aromatic N) is 3. The highest BCUT2D eigenvalue weighted by Gasteiger charge is 2.21. The lowest BCUT2D eigenvalue weighted by Gasteiger charge is -2.20. The Morgan fingerprint density at radius 1 is 0.262 bits per heavy atom. The van der Waals surface area contributed by atoms with E-state index >= 15 is 0 Å². The molecule has 12 rings (SSSR count). The van der Waals surface area contributed by atoms with Gasteiger partial charge in [-0.05, 0) is 83.9 Å². The molecule has 12 aromatic rings. The van der Waals surface area contributed by atoms with E-state index in [1.54, 1.807) is 0 Å². The Hall–Kier alpha value is -8.21. The van der Waals surface area contributed by atoms with Crippen molar-refractivity contribution in [3.63, 3.8) is 0 Å². The zero-order valence-electron chi connectivity index (χ0n) is 33.0. The predicted molar refractivity (Wildman–Crippen MR) is 252 cm³/mol. The molecule has 0 N–H and O–H groups in total. The van der Waals surface area contributed by atoms with Crippen LogP contribution in [0.2, 0.25) is 0 Å². The van der Waals surface area contributed by atoms with Crippen LogP contribution in [-0.4, -0.2) is 15.0 Å². The molecule has 0 saturated heterocycles. The van der Waals surface area contributed by atoms with Gasteiger partial charge in [-0.25, -0.2) is 15.0 Å². The summed E-state index contributed by atoms with van der Waals surface area (Å²) < 4.78 is 6.48. The van der Waals surface area contributed by atoms with Gasteiger partial charge in [-0.1, -0.05) is 194 Å². The third kappa shape index (κ3) is 5.80. The normalized spacial score (nSPS) is 11.6. The average Bonchev–Trinajstić information content (AvgIpc) is 3.72. The van der Waals surface area contributed by atoms with Crippen LogP contribution in [0.3, 0.4) is 0 Å². The lowest BCUT2D eigenvalue weighted by Crippen LogP contribution is -2.00. The molecule has 284 valence electrons. The van der Waals surface area contributed by atoms with Gasteiger partial charge in [0.2, 0.25) is 0 Å². The lowest BCUT2D eigenvalue weighted by molar-refractivity contribution is 0.669. The molecule has 61 heavy (non-hydrogen) atoms. The Balaban J connectivity index is 1.06. The van der Waals surface area contributed by atoms with E-state index in [4.69, 9.17) is 19.4 Å². The SMILES string of the molecule is c1ccc(-c2nc(-c3cccc(-c4c5ccccc5c(-c5ccc(-c6ccccc6)c6ccccc56)c5ccccc45)c3)nc(-c3cccc4c3oc3ccccc34)n2)cc1. The first-order valence-corrected chi connectivity index (χ1v) is 20.6. The van der Waals surface area contributed by atoms with Gasteiger partial charge in [0.05, 0.1) is 5.56 Å². The first-order chi connectivity index (χ1) is 30.3. The third-order valence-electron chi connectivity index (χ3n) is 11.9. The zero-order chi connectivity index (χ0) is 40.3. The molecule has 10 aromatic carbocycles. The van der Waals surface area contributed by atoms with Gasteiger partial charge < -0.3 is 4.42 Å². The summed E-state index contributed by atoms with van der Waals surface area (Å²) in [6, 6.07) is 74.8. The third-order valence-corrected chi connectivity index (χ3v) is 11.9. The fourth-order valence-electron chi connectivity index (χ4n) is 9.19. The Bertz CT molecular complexity index is 3590. The number of hydrogen-bond donors (Lipinski definition) is 0. The van der Waals surface area contributed by atoms with Crippen molar-refractivity contribution >= 4 is 54.3 Å². The van der Waals surface area contributed by atoms with Crippen molar-refractivity contribution in [1.82, 2.24) is 15.0 Å². The van der Waals surface area contributed by atoms with Crippen LogP contribution in [0, 0.1) is 0 Å². The van der Waals surface area contributed by atoms with Crippen LogP contribution in [0.4, 0.5) is 0 Å². The molecule has 0 amide bonds. The minimum absolute atomic E-state index is 0.560. The molecule has 0 spiro atoms. The van der Waals surface area contributed by atoms with Crippen molar-refractivity contribution < 1.29 is 4.42 Å². The number of rotatable bonds is 6. The number of aromatic nitrogens is 3.